The molecule has 0 spiro atoms. The fourth-order valence-corrected chi connectivity index (χ4v) is 3.02. The van der Waals surface area contributed by atoms with Gasteiger partial charge in [-0.25, -0.2) is 0 Å². The Morgan fingerprint density at radius 3 is 2.32 bits per heavy atom. The van der Waals surface area contributed by atoms with Crippen molar-refractivity contribution < 1.29 is 9.59 Å². The topological polar surface area (TPSA) is 64.7 Å². The van der Waals surface area contributed by atoms with Crippen molar-refractivity contribution in [3.05, 3.63) is 42.5 Å². The molecule has 0 radical (unpaired) electrons. The van der Waals surface area contributed by atoms with E-state index in [1.165, 1.54) is 12.8 Å². The second-order valence-corrected chi connectivity index (χ2v) is 6.45. The smallest absolute Gasteiger partial charge is 0.309 e. The normalized spacial score (nSPS) is 15.4. The molecule has 1 saturated heterocycles. The zero-order chi connectivity index (χ0) is 18.2. The predicted molar refractivity (Wildman–Crippen MR) is 101 cm³/mol. The van der Waals surface area contributed by atoms with E-state index in [0.29, 0.717) is 6.54 Å². The number of nitrogens with one attached hydrogen (secondary N) is 2. The third-order valence-corrected chi connectivity index (χ3v) is 4.44. The van der Waals surface area contributed by atoms with E-state index in [1.54, 1.807) is 6.08 Å². The molecule has 25 heavy (non-hydrogen) atoms. The van der Waals surface area contributed by atoms with Gasteiger partial charge in [0.25, 0.3) is 0 Å². The summed E-state index contributed by atoms with van der Waals surface area (Å²) >= 11 is 0. The van der Waals surface area contributed by atoms with E-state index < -0.39 is 11.8 Å². The van der Waals surface area contributed by atoms with Crippen LogP contribution in [0.4, 0.5) is 5.69 Å². The number of nitrogens with zero attached hydrogens (tertiary/aromatic N) is 2. The Morgan fingerprint density at radius 1 is 1.16 bits per heavy atom. The summed E-state index contributed by atoms with van der Waals surface area (Å²) < 4.78 is 0. The summed E-state index contributed by atoms with van der Waals surface area (Å²) in [5, 5.41) is 5.26. The van der Waals surface area contributed by atoms with E-state index in [9.17, 15) is 9.59 Å². The van der Waals surface area contributed by atoms with Crippen LogP contribution >= 0.6 is 0 Å². The molecular weight excluding hydrogens is 316 g/mol. The molecule has 0 bridgehead atoms. The molecule has 0 aromatic heterocycles. The number of anilines is 1. The molecule has 1 aliphatic rings. The van der Waals surface area contributed by atoms with E-state index in [1.807, 2.05) is 14.1 Å². The fraction of sp³-hybridized carbons (Fsp3) is 0.474. The van der Waals surface area contributed by atoms with Gasteiger partial charge in [-0.3, -0.25) is 14.5 Å². The van der Waals surface area contributed by atoms with E-state index in [2.05, 4.69) is 51.3 Å². The maximum absolute atomic E-state index is 12.0. The molecule has 6 nitrogen and oxygen atoms in total. The highest BCUT2D eigenvalue weighted by Gasteiger charge is 2.25. The first kappa shape index (κ1) is 19.0. The highest BCUT2D eigenvalue weighted by molar-refractivity contribution is 6.35. The third-order valence-electron chi connectivity index (χ3n) is 4.44. The molecule has 1 unspecified atom stereocenters. The number of rotatable bonds is 7. The highest BCUT2D eigenvalue weighted by atomic mass is 16.2. The number of likely N-dealkylation sites (tertiary alicyclic amines) is 1. The number of benzene rings is 1. The van der Waals surface area contributed by atoms with Crippen LogP contribution in [0.5, 0.6) is 0 Å². The lowest BCUT2D eigenvalue weighted by Crippen LogP contribution is -2.43. The predicted octanol–water partition coefficient (Wildman–Crippen LogP) is 1.31. The molecule has 1 aliphatic heterocycles. The molecule has 0 saturated carbocycles. The van der Waals surface area contributed by atoms with Gasteiger partial charge in [-0.1, -0.05) is 18.2 Å². The van der Waals surface area contributed by atoms with Crippen LogP contribution < -0.4 is 15.5 Å². The second kappa shape index (κ2) is 9.22. The summed E-state index contributed by atoms with van der Waals surface area (Å²) in [7, 11) is 4.02. The molecule has 2 rings (SSSR count). The van der Waals surface area contributed by atoms with Gasteiger partial charge in [-0.05, 0) is 43.6 Å². The van der Waals surface area contributed by atoms with Crippen molar-refractivity contribution in [3.63, 3.8) is 0 Å². The van der Waals surface area contributed by atoms with Crippen LogP contribution in [-0.4, -0.2) is 57.0 Å². The standard InChI is InChI=1S/C19H28N4O2/c1-4-11-20-18(24)19(25)21-14-17(23-12-5-6-13-23)15-7-9-16(10-8-15)22(2)3/h4,7-10,17H,1,5-6,11-14H2,2-3H3,(H,20,24)(H,21,25). The molecule has 1 aromatic rings. The minimum atomic E-state index is -0.622. The van der Waals surface area contributed by atoms with E-state index >= 15 is 0 Å². The summed E-state index contributed by atoms with van der Waals surface area (Å²) in [6.07, 6.45) is 3.88. The van der Waals surface area contributed by atoms with Gasteiger partial charge in [0.05, 0.1) is 6.04 Å². The summed E-state index contributed by atoms with van der Waals surface area (Å²) in [5.41, 5.74) is 2.29. The van der Waals surface area contributed by atoms with Crippen molar-refractivity contribution in [3.8, 4) is 0 Å². The number of amides is 2. The zero-order valence-electron chi connectivity index (χ0n) is 15.1. The summed E-state index contributed by atoms with van der Waals surface area (Å²) in [6.45, 7) is 6.25. The van der Waals surface area contributed by atoms with Crippen molar-refractivity contribution in [1.82, 2.24) is 15.5 Å². The molecule has 136 valence electrons. The quantitative estimate of drug-likeness (QED) is 0.578. The van der Waals surface area contributed by atoms with Gasteiger partial charge in [-0.15, -0.1) is 6.58 Å². The molecule has 6 heteroatoms. The van der Waals surface area contributed by atoms with Gasteiger partial charge in [0, 0.05) is 32.9 Å². The molecule has 0 aliphatic carbocycles. The highest BCUT2D eigenvalue weighted by Crippen LogP contribution is 2.26. The molecule has 1 heterocycles. The van der Waals surface area contributed by atoms with E-state index in [4.69, 9.17) is 0 Å². The first-order valence-electron chi connectivity index (χ1n) is 8.71. The van der Waals surface area contributed by atoms with Crippen LogP contribution in [0.3, 0.4) is 0 Å². The van der Waals surface area contributed by atoms with Crippen molar-refractivity contribution >= 4 is 17.5 Å². The summed E-state index contributed by atoms with van der Waals surface area (Å²) in [4.78, 5) is 28.1. The summed E-state index contributed by atoms with van der Waals surface area (Å²) in [6, 6.07) is 8.44. The molecule has 2 N–H and O–H groups in total. The van der Waals surface area contributed by atoms with Crippen LogP contribution in [0.2, 0.25) is 0 Å². The van der Waals surface area contributed by atoms with Crippen LogP contribution in [0.1, 0.15) is 24.4 Å². The van der Waals surface area contributed by atoms with Crippen LogP contribution in [0.15, 0.2) is 36.9 Å². The first-order valence-corrected chi connectivity index (χ1v) is 8.71. The number of carbonyl (C=O) groups excluding carboxylic acids is 2. The Hall–Kier alpha value is -2.34. The lowest BCUT2D eigenvalue weighted by atomic mass is 10.0. The minimum absolute atomic E-state index is 0.0786. The number of hydrogen-bond acceptors (Lipinski definition) is 4. The average molecular weight is 344 g/mol. The molecule has 1 aromatic carbocycles. The largest absolute Gasteiger partial charge is 0.378 e. The number of hydrogen-bond donors (Lipinski definition) is 2. The van der Waals surface area contributed by atoms with Crippen LogP contribution in [-0.2, 0) is 9.59 Å². The van der Waals surface area contributed by atoms with Crippen molar-refractivity contribution in [1.29, 1.82) is 0 Å². The molecule has 2 amide bonds. The van der Waals surface area contributed by atoms with Gasteiger partial charge in [0.1, 0.15) is 0 Å². The maximum atomic E-state index is 12.0. The molecule has 1 fully saturated rings. The van der Waals surface area contributed by atoms with E-state index in [-0.39, 0.29) is 12.6 Å². The molecular formula is C19H28N4O2. The van der Waals surface area contributed by atoms with Crippen molar-refractivity contribution in [2.75, 3.05) is 45.2 Å². The maximum Gasteiger partial charge on any atom is 0.309 e. The van der Waals surface area contributed by atoms with Gasteiger partial charge >= 0.3 is 11.8 Å². The van der Waals surface area contributed by atoms with Gasteiger partial charge in [0.15, 0.2) is 0 Å². The lowest BCUT2D eigenvalue weighted by molar-refractivity contribution is -0.139. The Balaban J connectivity index is 2.04. The Labute approximate surface area is 149 Å². The van der Waals surface area contributed by atoms with Crippen molar-refractivity contribution in [2.24, 2.45) is 0 Å². The summed E-state index contributed by atoms with van der Waals surface area (Å²) in [5.74, 6) is -1.22. The zero-order valence-corrected chi connectivity index (χ0v) is 15.1. The van der Waals surface area contributed by atoms with Crippen LogP contribution in [0.25, 0.3) is 0 Å². The second-order valence-electron chi connectivity index (χ2n) is 6.45. The lowest BCUT2D eigenvalue weighted by Gasteiger charge is -2.28. The van der Waals surface area contributed by atoms with Gasteiger partial charge < -0.3 is 15.5 Å². The van der Waals surface area contributed by atoms with Crippen molar-refractivity contribution in [2.45, 2.75) is 18.9 Å². The van der Waals surface area contributed by atoms with Gasteiger partial charge in [0.2, 0.25) is 0 Å². The Bertz CT molecular complexity index is 592. The Kier molecular flexibility index (Phi) is 7.01. The van der Waals surface area contributed by atoms with Gasteiger partial charge in [-0.2, -0.15) is 0 Å². The first-order chi connectivity index (χ1) is 12.0. The van der Waals surface area contributed by atoms with E-state index in [0.717, 1.165) is 24.3 Å². The molecule has 1 atom stereocenters. The minimum Gasteiger partial charge on any atom is -0.378 e. The number of carbonyl (C=O) groups is 2. The average Bonchev–Trinajstić information content (AvgIpc) is 3.14. The monoisotopic (exact) mass is 344 g/mol. The van der Waals surface area contributed by atoms with Crippen LogP contribution in [0, 0.1) is 0 Å². The fourth-order valence-electron chi connectivity index (χ4n) is 3.02. The third kappa shape index (κ3) is 5.32. The SMILES string of the molecule is C=CCNC(=O)C(=O)NCC(c1ccc(N(C)C)cc1)N1CCCC1. The Morgan fingerprint density at radius 2 is 1.76 bits per heavy atom.